The average molecular weight is 224 g/mol. The zero-order valence-electron chi connectivity index (χ0n) is 9.65. The zero-order valence-corrected chi connectivity index (χ0v) is 9.65. The van der Waals surface area contributed by atoms with Crippen molar-refractivity contribution in [2.75, 3.05) is 0 Å². The van der Waals surface area contributed by atoms with Gasteiger partial charge in [-0.05, 0) is 38.0 Å². The van der Waals surface area contributed by atoms with Crippen molar-refractivity contribution in [2.45, 2.75) is 63.6 Å². The number of hydrogen-bond acceptors (Lipinski definition) is 2. The fourth-order valence-electron chi connectivity index (χ4n) is 3.87. The summed E-state index contributed by atoms with van der Waals surface area (Å²) in [6, 6.07) is 0. The summed E-state index contributed by atoms with van der Waals surface area (Å²) in [6.45, 7) is 0. The third kappa shape index (κ3) is 1.56. The van der Waals surface area contributed by atoms with Crippen molar-refractivity contribution >= 4 is 5.97 Å². The summed E-state index contributed by atoms with van der Waals surface area (Å²) in [6.07, 6.45) is 9.20. The number of rotatable bonds is 2. The molecule has 0 spiro atoms. The predicted molar refractivity (Wildman–Crippen MR) is 59.2 cm³/mol. The first-order chi connectivity index (χ1) is 7.72. The van der Waals surface area contributed by atoms with E-state index in [0.29, 0.717) is 12.0 Å². The summed E-state index contributed by atoms with van der Waals surface area (Å²) >= 11 is 0. The van der Waals surface area contributed by atoms with E-state index in [9.17, 15) is 9.90 Å². The highest BCUT2D eigenvalue weighted by Crippen LogP contribution is 2.53. The van der Waals surface area contributed by atoms with Gasteiger partial charge < -0.3 is 9.84 Å². The lowest BCUT2D eigenvalue weighted by molar-refractivity contribution is -0.156. The van der Waals surface area contributed by atoms with Crippen LogP contribution >= 0.6 is 0 Å². The molecule has 16 heavy (non-hydrogen) atoms. The monoisotopic (exact) mass is 224 g/mol. The molecule has 0 amide bonds. The van der Waals surface area contributed by atoms with Crippen LogP contribution in [0.15, 0.2) is 0 Å². The Balaban J connectivity index is 1.80. The molecule has 0 aromatic heterocycles. The van der Waals surface area contributed by atoms with E-state index >= 15 is 0 Å². The van der Waals surface area contributed by atoms with E-state index in [1.165, 1.54) is 19.3 Å². The van der Waals surface area contributed by atoms with Crippen molar-refractivity contribution in [1.82, 2.24) is 0 Å². The molecule has 3 rings (SSSR count). The van der Waals surface area contributed by atoms with Crippen molar-refractivity contribution in [3.05, 3.63) is 0 Å². The van der Waals surface area contributed by atoms with Crippen LogP contribution in [0, 0.1) is 11.3 Å². The molecule has 3 fully saturated rings. The Hall–Kier alpha value is -0.570. The Bertz CT molecular complexity index is 296. The highest BCUT2D eigenvalue weighted by Gasteiger charge is 2.56. The van der Waals surface area contributed by atoms with Gasteiger partial charge in [-0.2, -0.15) is 0 Å². The van der Waals surface area contributed by atoms with Gasteiger partial charge in [-0.3, -0.25) is 4.79 Å². The van der Waals surface area contributed by atoms with Crippen LogP contribution < -0.4 is 0 Å². The second kappa shape index (κ2) is 3.73. The first-order valence-electron chi connectivity index (χ1n) is 6.61. The minimum Gasteiger partial charge on any atom is -0.481 e. The molecule has 3 unspecified atom stereocenters. The van der Waals surface area contributed by atoms with E-state index in [2.05, 4.69) is 0 Å². The van der Waals surface area contributed by atoms with E-state index in [1.807, 2.05) is 0 Å². The molecule has 0 radical (unpaired) electrons. The Morgan fingerprint density at radius 2 is 1.88 bits per heavy atom. The van der Waals surface area contributed by atoms with Crippen LogP contribution in [-0.2, 0) is 9.53 Å². The quantitative estimate of drug-likeness (QED) is 0.733. The van der Waals surface area contributed by atoms with Gasteiger partial charge >= 0.3 is 5.97 Å². The van der Waals surface area contributed by atoms with Crippen LogP contribution in [0.25, 0.3) is 0 Å². The summed E-state index contributed by atoms with van der Waals surface area (Å²) in [5.41, 5.74) is -0.446. The molecule has 2 saturated carbocycles. The maximum Gasteiger partial charge on any atom is 0.310 e. The van der Waals surface area contributed by atoms with Crippen LogP contribution in [0.4, 0.5) is 0 Å². The first kappa shape index (κ1) is 10.6. The molecule has 1 aliphatic heterocycles. The fraction of sp³-hybridized carbons (Fsp3) is 0.923. The van der Waals surface area contributed by atoms with Gasteiger partial charge in [-0.1, -0.05) is 19.3 Å². The van der Waals surface area contributed by atoms with Crippen molar-refractivity contribution < 1.29 is 14.6 Å². The molecule has 2 aliphatic carbocycles. The first-order valence-corrected chi connectivity index (χ1v) is 6.61. The highest BCUT2D eigenvalue weighted by molar-refractivity contribution is 5.75. The molecule has 0 bridgehead atoms. The lowest BCUT2D eigenvalue weighted by atomic mass is 9.62. The number of fused-ring (bicyclic) bond motifs is 1. The normalized spacial score (nSPS) is 43.8. The van der Waals surface area contributed by atoms with E-state index < -0.39 is 11.4 Å². The number of ether oxygens (including phenoxy) is 1. The summed E-state index contributed by atoms with van der Waals surface area (Å²) in [5.74, 6) is -0.155. The predicted octanol–water partition coefficient (Wildman–Crippen LogP) is 2.59. The van der Waals surface area contributed by atoms with E-state index in [0.717, 1.165) is 32.1 Å². The molecular formula is C13H20O3. The maximum absolute atomic E-state index is 11.7. The number of carbonyl (C=O) groups is 1. The number of carboxylic acid groups (broad SMARTS) is 1. The SMILES string of the molecule is O=C(O)C1(C2CCCCC2)CCC2OC2C1. The largest absolute Gasteiger partial charge is 0.481 e. The Morgan fingerprint density at radius 1 is 1.12 bits per heavy atom. The van der Waals surface area contributed by atoms with E-state index in [-0.39, 0.29) is 6.10 Å². The third-order valence-corrected chi connectivity index (χ3v) is 4.94. The molecule has 3 aliphatic rings. The molecule has 3 nitrogen and oxygen atoms in total. The molecule has 3 atom stereocenters. The average Bonchev–Trinajstić information content (AvgIpc) is 3.07. The van der Waals surface area contributed by atoms with Gasteiger partial charge in [0.25, 0.3) is 0 Å². The summed E-state index contributed by atoms with van der Waals surface area (Å²) < 4.78 is 5.51. The standard InChI is InChI=1S/C13H20O3/c14-12(15)13(9-4-2-1-3-5-9)7-6-10-11(8-13)16-10/h9-11H,1-8H2,(H,14,15). The minimum absolute atomic E-state index is 0.270. The van der Waals surface area contributed by atoms with Gasteiger partial charge in [0.1, 0.15) is 0 Å². The van der Waals surface area contributed by atoms with Gasteiger partial charge in [0, 0.05) is 0 Å². The van der Waals surface area contributed by atoms with Gasteiger partial charge in [-0.15, -0.1) is 0 Å². The number of carboxylic acids is 1. The molecule has 1 saturated heterocycles. The molecule has 90 valence electrons. The van der Waals surface area contributed by atoms with Crippen LogP contribution in [0.3, 0.4) is 0 Å². The molecule has 1 heterocycles. The fourth-order valence-corrected chi connectivity index (χ4v) is 3.87. The van der Waals surface area contributed by atoms with Crippen LogP contribution in [0.1, 0.15) is 51.4 Å². The number of hydrogen-bond donors (Lipinski definition) is 1. The topological polar surface area (TPSA) is 49.8 Å². The third-order valence-electron chi connectivity index (χ3n) is 4.94. The van der Waals surface area contributed by atoms with Crippen molar-refractivity contribution in [3.8, 4) is 0 Å². The van der Waals surface area contributed by atoms with Crippen molar-refractivity contribution in [1.29, 1.82) is 0 Å². The van der Waals surface area contributed by atoms with Crippen molar-refractivity contribution in [2.24, 2.45) is 11.3 Å². The highest BCUT2D eigenvalue weighted by atomic mass is 16.6. The smallest absolute Gasteiger partial charge is 0.310 e. The molecule has 0 aromatic carbocycles. The number of aliphatic carboxylic acids is 1. The van der Waals surface area contributed by atoms with Crippen LogP contribution in [-0.4, -0.2) is 23.3 Å². The Kier molecular flexibility index (Phi) is 2.46. The lowest BCUT2D eigenvalue weighted by Crippen LogP contribution is -2.43. The second-order valence-corrected chi connectivity index (χ2v) is 5.75. The summed E-state index contributed by atoms with van der Waals surface area (Å²) in [4.78, 5) is 11.7. The van der Waals surface area contributed by atoms with Crippen LogP contribution in [0.5, 0.6) is 0 Å². The minimum atomic E-state index is -0.562. The second-order valence-electron chi connectivity index (χ2n) is 5.75. The van der Waals surface area contributed by atoms with Gasteiger partial charge in [-0.25, -0.2) is 0 Å². The van der Waals surface area contributed by atoms with Crippen LogP contribution in [0.2, 0.25) is 0 Å². The lowest BCUT2D eigenvalue weighted by Gasteiger charge is -2.40. The Labute approximate surface area is 96.2 Å². The van der Waals surface area contributed by atoms with Gasteiger partial charge in [0.05, 0.1) is 17.6 Å². The zero-order chi connectivity index (χ0) is 11.2. The van der Waals surface area contributed by atoms with Gasteiger partial charge in [0.15, 0.2) is 0 Å². The Morgan fingerprint density at radius 3 is 2.50 bits per heavy atom. The molecule has 0 aromatic rings. The van der Waals surface area contributed by atoms with E-state index in [4.69, 9.17) is 4.74 Å². The maximum atomic E-state index is 11.7. The molecule has 1 N–H and O–H groups in total. The summed E-state index contributed by atoms with van der Waals surface area (Å²) in [7, 11) is 0. The molecular weight excluding hydrogens is 204 g/mol. The number of epoxide rings is 1. The molecule has 3 heteroatoms. The van der Waals surface area contributed by atoms with E-state index in [1.54, 1.807) is 0 Å². The van der Waals surface area contributed by atoms with Crippen molar-refractivity contribution in [3.63, 3.8) is 0 Å². The van der Waals surface area contributed by atoms with Gasteiger partial charge in [0.2, 0.25) is 0 Å². The summed E-state index contributed by atoms with van der Waals surface area (Å²) in [5, 5.41) is 9.62.